The van der Waals surface area contributed by atoms with Crippen LogP contribution in [0.25, 0.3) is 10.2 Å². The van der Waals surface area contributed by atoms with E-state index in [1.807, 2.05) is 50.2 Å². The van der Waals surface area contributed by atoms with Crippen molar-refractivity contribution < 1.29 is 14.3 Å². The van der Waals surface area contributed by atoms with Gasteiger partial charge in [-0.2, -0.15) is 5.26 Å². The number of pyridine rings is 1. The van der Waals surface area contributed by atoms with Gasteiger partial charge in [0.05, 0.1) is 15.7 Å². The van der Waals surface area contributed by atoms with E-state index in [1.54, 1.807) is 16.2 Å². The van der Waals surface area contributed by atoms with Gasteiger partial charge in [0.2, 0.25) is 5.88 Å². The van der Waals surface area contributed by atoms with Gasteiger partial charge in [-0.15, -0.1) is 11.3 Å². The van der Waals surface area contributed by atoms with Crippen molar-refractivity contribution in [1.29, 1.82) is 5.26 Å². The fraction of sp³-hybridized carbons (Fsp3) is 0.320. The number of fused-ring (bicyclic) bond motifs is 4. The van der Waals surface area contributed by atoms with Crippen LogP contribution in [0.15, 0.2) is 47.9 Å². The number of benzene rings is 1. The lowest BCUT2D eigenvalue weighted by Gasteiger charge is -2.42. The molecule has 1 aromatic carbocycles. The van der Waals surface area contributed by atoms with Crippen molar-refractivity contribution in [3.8, 4) is 11.8 Å². The summed E-state index contributed by atoms with van der Waals surface area (Å²) in [5.41, 5.74) is 9.06. The van der Waals surface area contributed by atoms with Crippen molar-refractivity contribution in [3.05, 3.63) is 69.6 Å². The van der Waals surface area contributed by atoms with Gasteiger partial charge in [-0.3, -0.25) is 0 Å². The summed E-state index contributed by atoms with van der Waals surface area (Å²) in [6.45, 7) is 5.16. The molecule has 0 aliphatic carbocycles. The van der Waals surface area contributed by atoms with Crippen molar-refractivity contribution >= 4 is 27.6 Å². The number of aryl methyl sites for hydroxylation is 2. The molecule has 168 valence electrons. The summed E-state index contributed by atoms with van der Waals surface area (Å²) in [7, 11) is 0. The van der Waals surface area contributed by atoms with E-state index < -0.39 is 5.41 Å². The van der Waals surface area contributed by atoms with Crippen LogP contribution in [0.3, 0.4) is 0 Å². The van der Waals surface area contributed by atoms with Crippen LogP contribution in [0.2, 0.25) is 0 Å². The molecule has 3 aromatic rings. The molecule has 1 spiro atoms. The Morgan fingerprint density at radius 2 is 2.03 bits per heavy atom. The van der Waals surface area contributed by atoms with Gasteiger partial charge in [-0.25, -0.2) is 9.78 Å². The van der Waals surface area contributed by atoms with E-state index in [0.29, 0.717) is 37.3 Å². The van der Waals surface area contributed by atoms with Gasteiger partial charge in [0.25, 0.3) is 0 Å². The second-order valence-corrected chi connectivity index (χ2v) is 9.58. The predicted molar refractivity (Wildman–Crippen MR) is 126 cm³/mol. The molecule has 1 saturated heterocycles. The van der Waals surface area contributed by atoms with E-state index in [2.05, 4.69) is 6.07 Å². The van der Waals surface area contributed by atoms with Gasteiger partial charge < -0.3 is 20.1 Å². The predicted octanol–water partition coefficient (Wildman–Crippen LogP) is 4.67. The lowest BCUT2D eigenvalue weighted by molar-refractivity contribution is 0.0805. The first-order valence-electron chi connectivity index (χ1n) is 10.9. The van der Waals surface area contributed by atoms with Crippen LogP contribution >= 0.6 is 11.3 Å². The number of nitrogens with zero attached hydrogens (tertiary/aromatic N) is 3. The van der Waals surface area contributed by atoms with Crippen molar-refractivity contribution in [3.63, 3.8) is 0 Å². The fourth-order valence-corrected chi connectivity index (χ4v) is 6.33. The third-order valence-corrected chi connectivity index (χ3v) is 7.78. The topological polar surface area (TPSA) is 101 Å². The summed E-state index contributed by atoms with van der Waals surface area (Å²) in [4.78, 5) is 21.0. The number of rotatable bonds is 2. The first-order valence-corrected chi connectivity index (χ1v) is 11.7. The van der Waals surface area contributed by atoms with E-state index in [9.17, 15) is 10.1 Å². The highest BCUT2D eigenvalue weighted by Gasteiger charge is 2.49. The minimum atomic E-state index is -0.589. The second-order valence-electron chi connectivity index (χ2n) is 8.58. The molecule has 1 amide bonds. The van der Waals surface area contributed by atoms with E-state index >= 15 is 0 Å². The number of aromatic nitrogens is 1. The maximum absolute atomic E-state index is 12.7. The Kier molecular flexibility index (Phi) is 5.22. The number of carbonyl (C=O) groups is 1. The molecule has 2 aliphatic heterocycles. The molecular weight excluding hydrogens is 436 g/mol. The van der Waals surface area contributed by atoms with Crippen LogP contribution in [0, 0.1) is 25.2 Å². The Morgan fingerprint density at radius 3 is 2.73 bits per heavy atom. The number of piperidine rings is 1. The number of carbonyl (C=O) groups excluding carboxylic acids is 1. The summed E-state index contributed by atoms with van der Waals surface area (Å²) < 4.78 is 11.5. The summed E-state index contributed by atoms with van der Waals surface area (Å²) in [5, 5.41) is 10.9. The summed E-state index contributed by atoms with van der Waals surface area (Å²) in [5.74, 6) is 0.849. The quantitative estimate of drug-likeness (QED) is 0.596. The third kappa shape index (κ3) is 3.49. The van der Waals surface area contributed by atoms with Gasteiger partial charge in [-0.1, -0.05) is 30.3 Å². The number of hydrogen-bond donors (Lipinski definition) is 1. The van der Waals surface area contributed by atoms with Gasteiger partial charge in [0.15, 0.2) is 5.75 Å². The zero-order chi connectivity index (χ0) is 23.2. The molecule has 0 unspecified atom stereocenters. The highest BCUT2D eigenvalue weighted by Crippen LogP contribution is 2.55. The largest absolute Gasteiger partial charge is 0.445 e. The van der Waals surface area contributed by atoms with E-state index in [4.69, 9.17) is 20.2 Å². The normalized spacial score (nSPS) is 16.9. The van der Waals surface area contributed by atoms with Crippen LogP contribution in [0.5, 0.6) is 5.75 Å². The molecule has 7 nitrogen and oxygen atoms in total. The van der Waals surface area contributed by atoms with Crippen LogP contribution in [0.4, 0.5) is 4.79 Å². The molecule has 2 aromatic heterocycles. The smallest absolute Gasteiger partial charge is 0.410 e. The molecule has 8 heteroatoms. The minimum Gasteiger partial charge on any atom is -0.445 e. The van der Waals surface area contributed by atoms with E-state index in [0.717, 1.165) is 31.9 Å². The number of ether oxygens (including phenoxy) is 2. The zero-order valence-corrected chi connectivity index (χ0v) is 19.4. The maximum atomic E-state index is 12.7. The number of amides is 1. The molecule has 0 bridgehead atoms. The zero-order valence-electron chi connectivity index (χ0n) is 18.6. The molecule has 4 heterocycles. The van der Waals surface area contributed by atoms with Crippen LogP contribution in [-0.2, 0) is 16.8 Å². The van der Waals surface area contributed by atoms with Crippen molar-refractivity contribution in [2.45, 2.75) is 38.7 Å². The molecule has 33 heavy (non-hydrogen) atoms. The number of thiophene rings is 1. The molecule has 1 fully saturated rings. The Morgan fingerprint density at radius 1 is 1.30 bits per heavy atom. The summed E-state index contributed by atoms with van der Waals surface area (Å²) in [6, 6.07) is 13.9. The third-order valence-electron chi connectivity index (χ3n) is 6.51. The van der Waals surface area contributed by atoms with Gasteiger partial charge in [0.1, 0.15) is 23.1 Å². The molecule has 0 atom stereocenters. The molecule has 0 saturated carbocycles. The second kappa shape index (κ2) is 8.09. The number of hydrogen-bond acceptors (Lipinski definition) is 7. The number of likely N-dealkylation sites (tertiary alicyclic amines) is 1. The van der Waals surface area contributed by atoms with Crippen molar-refractivity contribution in [2.75, 3.05) is 13.1 Å². The lowest BCUT2D eigenvalue weighted by Crippen LogP contribution is -2.47. The fourth-order valence-electron chi connectivity index (χ4n) is 4.85. The molecule has 5 rings (SSSR count). The standard InChI is InChI=1S/C25H24N4O3S/c1-15-12-16(2)28-23-19(15)20-21(33-23)25(18(13-26)22(27)32-20)8-10-29(11-9-25)24(30)31-14-17-6-4-3-5-7-17/h3-7,12H,8-11,14,27H2,1-2H3. The number of nitriles is 1. The first kappa shape index (κ1) is 21.3. The molecular formula is C25H24N4O3S. The van der Waals surface area contributed by atoms with Crippen LogP contribution in [-0.4, -0.2) is 29.1 Å². The van der Waals surface area contributed by atoms with E-state index in [1.165, 1.54) is 0 Å². The Balaban J connectivity index is 1.43. The molecule has 2 aliphatic rings. The lowest BCUT2D eigenvalue weighted by atomic mass is 9.70. The highest BCUT2D eigenvalue weighted by molar-refractivity contribution is 7.19. The van der Waals surface area contributed by atoms with Gasteiger partial charge >= 0.3 is 6.09 Å². The van der Waals surface area contributed by atoms with Crippen molar-refractivity contribution in [2.24, 2.45) is 5.73 Å². The monoisotopic (exact) mass is 460 g/mol. The Hall–Kier alpha value is -3.57. The molecule has 2 N–H and O–H groups in total. The average Bonchev–Trinajstić information content (AvgIpc) is 3.18. The number of allylic oxidation sites excluding steroid dienone is 1. The Bertz CT molecular complexity index is 1310. The minimum absolute atomic E-state index is 0.143. The summed E-state index contributed by atoms with van der Waals surface area (Å²) in [6.07, 6.45) is 0.789. The average molecular weight is 461 g/mol. The Labute approximate surface area is 196 Å². The summed E-state index contributed by atoms with van der Waals surface area (Å²) >= 11 is 1.56. The highest BCUT2D eigenvalue weighted by atomic mass is 32.1. The van der Waals surface area contributed by atoms with Crippen LogP contribution in [0.1, 0.15) is 34.5 Å². The first-order chi connectivity index (χ1) is 15.9. The molecule has 0 radical (unpaired) electrons. The van der Waals surface area contributed by atoms with E-state index in [-0.39, 0.29) is 18.6 Å². The SMILES string of the molecule is Cc1cc(C)c2c3c(sc2n1)C1(CCN(C(=O)OCc2ccccc2)CC1)C(C#N)=C(N)O3. The number of nitrogens with two attached hydrogens (primary N) is 1. The van der Waals surface area contributed by atoms with Gasteiger partial charge in [-0.05, 0) is 43.9 Å². The van der Waals surface area contributed by atoms with Crippen molar-refractivity contribution in [1.82, 2.24) is 9.88 Å². The van der Waals surface area contributed by atoms with Gasteiger partial charge in [0, 0.05) is 18.8 Å². The van der Waals surface area contributed by atoms with Crippen LogP contribution < -0.4 is 10.5 Å². The maximum Gasteiger partial charge on any atom is 0.410 e.